The Kier molecular flexibility index (Phi) is 5.21. The molecule has 2 heterocycles. The van der Waals surface area contributed by atoms with Crippen LogP contribution < -0.4 is 5.32 Å². The van der Waals surface area contributed by atoms with E-state index in [1.807, 2.05) is 18.2 Å². The number of halogens is 1. The van der Waals surface area contributed by atoms with Crippen LogP contribution in [0.1, 0.15) is 19.8 Å². The van der Waals surface area contributed by atoms with Crippen molar-refractivity contribution in [2.24, 2.45) is 0 Å². The first-order valence-corrected chi connectivity index (χ1v) is 8.49. The largest absolute Gasteiger partial charge is 0.375 e. The van der Waals surface area contributed by atoms with Gasteiger partial charge in [0.1, 0.15) is 5.60 Å². The van der Waals surface area contributed by atoms with Crippen LogP contribution in [-0.2, 0) is 14.3 Å². The van der Waals surface area contributed by atoms with Crippen LogP contribution in [0.2, 0.25) is 5.02 Å². The first-order chi connectivity index (χ1) is 11.1. The second-order valence-corrected chi connectivity index (χ2v) is 6.64. The molecule has 2 saturated heterocycles. The molecule has 1 N–H and O–H groups in total. The molecule has 0 unspecified atom stereocenters. The summed E-state index contributed by atoms with van der Waals surface area (Å²) < 4.78 is 11.7. The van der Waals surface area contributed by atoms with E-state index in [-0.39, 0.29) is 17.6 Å². The van der Waals surface area contributed by atoms with E-state index < -0.39 is 0 Å². The van der Waals surface area contributed by atoms with Gasteiger partial charge in [-0.3, -0.25) is 9.69 Å². The monoisotopic (exact) mass is 338 g/mol. The fourth-order valence-corrected chi connectivity index (χ4v) is 3.45. The molecule has 0 bridgehead atoms. The topological polar surface area (TPSA) is 50.8 Å². The Bertz CT molecular complexity index is 569. The highest BCUT2D eigenvalue weighted by atomic mass is 35.5. The molecule has 5 nitrogen and oxygen atoms in total. The molecule has 2 fully saturated rings. The van der Waals surface area contributed by atoms with Gasteiger partial charge in [0.2, 0.25) is 5.91 Å². The highest BCUT2D eigenvalue weighted by molar-refractivity contribution is 6.33. The van der Waals surface area contributed by atoms with Gasteiger partial charge in [0.15, 0.2) is 0 Å². The third-order valence-corrected chi connectivity index (χ3v) is 5.05. The lowest BCUT2D eigenvalue weighted by molar-refractivity contribution is -0.137. The molecular weight excluding hydrogens is 316 g/mol. The van der Waals surface area contributed by atoms with E-state index in [0.717, 1.165) is 26.1 Å². The Morgan fingerprint density at radius 1 is 1.43 bits per heavy atom. The molecule has 3 rings (SSSR count). The lowest BCUT2D eigenvalue weighted by Crippen LogP contribution is -2.55. The molecule has 0 aliphatic carbocycles. The highest BCUT2D eigenvalue weighted by Gasteiger charge is 2.45. The van der Waals surface area contributed by atoms with E-state index >= 15 is 0 Å². The second kappa shape index (κ2) is 7.18. The minimum absolute atomic E-state index is 0.0191. The molecular formula is C17H23ClN2O3. The van der Waals surface area contributed by atoms with Gasteiger partial charge in [-0.25, -0.2) is 0 Å². The molecule has 0 aromatic heterocycles. The molecule has 1 amide bonds. The number of anilines is 1. The summed E-state index contributed by atoms with van der Waals surface area (Å²) in [5.41, 5.74) is 0.465. The molecule has 2 aliphatic heterocycles. The summed E-state index contributed by atoms with van der Waals surface area (Å²) in [6, 6.07) is 7.27. The lowest BCUT2D eigenvalue weighted by Gasteiger charge is -2.42. The highest BCUT2D eigenvalue weighted by Crippen LogP contribution is 2.33. The first-order valence-electron chi connectivity index (χ1n) is 8.11. The number of nitrogens with one attached hydrogen (secondary N) is 1. The number of amides is 1. The molecule has 1 aromatic rings. The zero-order valence-corrected chi connectivity index (χ0v) is 14.1. The van der Waals surface area contributed by atoms with Gasteiger partial charge in [-0.05, 0) is 19.1 Å². The van der Waals surface area contributed by atoms with Crippen LogP contribution in [0.3, 0.4) is 0 Å². The molecule has 126 valence electrons. The van der Waals surface area contributed by atoms with Crippen molar-refractivity contribution in [2.75, 3.05) is 38.2 Å². The van der Waals surface area contributed by atoms with Crippen LogP contribution in [0.5, 0.6) is 0 Å². The van der Waals surface area contributed by atoms with E-state index in [1.54, 1.807) is 6.07 Å². The number of hydrogen-bond acceptors (Lipinski definition) is 4. The zero-order valence-electron chi connectivity index (χ0n) is 13.4. The average Bonchev–Trinajstić information content (AvgIpc) is 2.88. The first kappa shape index (κ1) is 16.7. The van der Waals surface area contributed by atoms with E-state index in [2.05, 4.69) is 17.1 Å². The number of benzene rings is 1. The van der Waals surface area contributed by atoms with Gasteiger partial charge in [0.25, 0.3) is 0 Å². The van der Waals surface area contributed by atoms with Crippen molar-refractivity contribution < 1.29 is 14.3 Å². The summed E-state index contributed by atoms with van der Waals surface area (Å²) in [5.74, 6) is -0.0191. The Balaban J connectivity index is 1.50. The van der Waals surface area contributed by atoms with Gasteiger partial charge in [0.05, 0.1) is 23.4 Å². The number of carbonyl (C=O) groups is 1. The predicted molar refractivity (Wildman–Crippen MR) is 89.9 cm³/mol. The van der Waals surface area contributed by atoms with Crippen LogP contribution in [0.15, 0.2) is 24.3 Å². The number of rotatable bonds is 4. The van der Waals surface area contributed by atoms with Crippen molar-refractivity contribution in [1.29, 1.82) is 0 Å². The number of hydrogen-bond donors (Lipinski definition) is 1. The van der Waals surface area contributed by atoms with E-state index in [9.17, 15) is 4.79 Å². The van der Waals surface area contributed by atoms with Gasteiger partial charge in [-0.15, -0.1) is 0 Å². The summed E-state index contributed by atoms with van der Waals surface area (Å²) in [4.78, 5) is 14.4. The standard InChI is InChI=1S/C17H23ClN2O3/c1-13-17(7-10-22-13)12-20(9-11-23-17)8-6-16(21)19-15-5-3-2-4-14(15)18/h2-5,13H,6-12H2,1H3,(H,19,21)/t13-,17+/m0/s1. The SMILES string of the molecule is C[C@@H]1OCC[C@@]12CN(CCC(=O)Nc1ccccc1Cl)CCO2. The van der Waals surface area contributed by atoms with Crippen LogP contribution in [-0.4, -0.2) is 55.4 Å². The smallest absolute Gasteiger partial charge is 0.225 e. The third-order valence-electron chi connectivity index (χ3n) is 4.73. The predicted octanol–water partition coefficient (Wildman–Crippen LogP) is 2.55. The van der Waals surface area contributed by atoms with E-state index in [4.69, 9.17) is 21.1 Å². The summed E-state index contributed by atoms with van der Waals surface area (Å²) in [7, 11) is 0. The maximum atomic E-state index is 12.1. The van der Waals surface area contributed by atoms with Crippen LogP contribution in [0.4, 0.5) is 5.69 Å². The summed E-state index contributed by atoms with van der Waals surface area (Å²) in [6.45, 7) is 5.91. The van der Waals surface area contributed by atoms with Gasteiger partial charge >= 0.3 is 0 Å². The number of morpholine rings is 1. The minimum atomic E-state index is -0.197. The summed E-state index contributed by atoms with van der Waals surface area (Å²) >= 11 is 6.06. The minimum Gasteiger partial charge on any atom is -0.375 e. The Hall–Kier alpha value is -1.14. The quantitative estimate of drug-likeness (QED) is 0.916. The molecule has 0 radical (unpaired) electrons. The van der Waals surface area contributed by atoms with Gasteiger partial charge in [-0.1, -0.05) is 23.7 Å². The molecule has 1 aromatic carbocycles. The Labute approximate surface area is 141 Å². The van der Waals surface area contributed by atoms with Crippen molar-refractivity contribution in [3.63, 3.8) is 0 Å². The number of nitrogens with zero attached hydrogens (tertiary/aromatic N) is 1. The van der Waals surface area contributed by atoms with Crippen molar-refractivity contribution in [2.45, 2.75) is 31.5 Å². The molecule has 0 saturated carbocycles. The van der Waals surface area contributed by atoms with Gasteiger partial charge in [0, 0.05) is 39.1 Å². The summed E-state index contributed by atoms with van der Waals surface area (Å²) in [5, 5.41) is 3.42. The number of ether oxygens (including phenoxy) is 2. The van der Waals surface area contributed by atoms with Gasteiger partial charge in [-0.2, -0.15) is 0 Å². The van der Waals surface area contributed by atoms with E-state index in [1.165, 1.54) is 0 Å². The number of carbonyl (C=O) groups excluding carboxylic acids is 1. The molecule has 2 atom stereocenters. The van der Waals surface area contributed by atoms with E-state index in [0.29, 0.717) is 30.3 Å². The normalized spacial score (nSPS) is 28.2. The maximum absolute atomic E-state index is 12.1. The van der Waals surface area contributed by atoms with Crippen molar-refractivity contribution in [1.82, 2.24) is 4.90 Å². The van der Waals surface area contributed by atoms with Crippen LogP contribution in [0, 0.1) is 0 Å². The lowest BCUT2D eigenvalue weighted by atomic mass is 9.94. The number of para-hydroxylation sites is 1. The molecule has 6 heteroatoms. The molecule has 1 spiro atoms. The molecule has 23 heavy (non-hydrogen) atoms. The fraction of sp³-hybridized carbons (Fsp3) is 0.588. The van der Waals surface area contributed by atoms with Crippen molar-refractivity contribution >= 4 is 23.2 Å². The maximum Gasteiger partial charge on any atom is 0.225 e. The summed E-state index contributed by atoms with van der Waals surface area (Å²) in [6.07, 6.45) is 1.48. The Morgan fingerprint density at radius 2 is 2.26 bits per heavy atom. The van der Waals surface area contributed by atoms with Crippen LogP contribution in [0.25, 0.3) is 0 Å². The Morgan fingerprint density at radius 3 is 3.00 bits per heavy atom. The average molecular weight is 339 g/mol. The third kappa shape index (κ3) is 3.86. The molecule has 2 aliphatic rings. The van der Waals surface area contributed by atoms with Gasteiger partial charge < -0.3 is 14.8 Å². The zero-order chi connectivity index (χ0) is 16.3. The van der Waals surface area contributed by atoms with Crippen LogP contribution >= 0.6 is 11.6 Å². The van der Waals surface area contributed by atoms with Crippen molar-refractivity contribution in [3.05, 3.63) is 29.3 Å². The fourth-order valence-electron chi connectivity index (χ4n) is 3.27. The van der Waals surface area contributed by atoms with Crippen molar-refractivity contribution in [3.8, 4) is 0 Å². The second-order valence-electron chi connectivity index (χ2n) is 6.23.